The molecule has 0 saturated carbocycles. The van der Waals surface area contributed by atoms with Crippen LogP contribution < -0.4 is 4.90 Å². The second-order valence-corrected chi connectivity index (χ2v) is 11.6. The molecule has 3 aromatic heterocycles. The molecule has 0 bridgehead atoms. The molecule has 2 aliphatic heterocycles. The van der Waals surface area contributed by atoms with Gasteiger partial charge in [-0.2, -0.15) is 8.82 Å². The highest BCUT2D eigenvalue weighted by atomic mass is 32.2. The summed E-state index contributed by atoms with van der Waals surface area (Å²) < 4.78 is 29.2. The Labute approximate surface area is 190 Å². The Morgan fingerprint density at radius 2 is 1.78 bits per heavy atom. The number of aryl methyl sites for hydroxylation is 1. The van der Waals surface area contributed by atoms with Crippen molar-refractivity contribution in [3.8, 4) is 0 Å². The van der Waals surface area contributed by atoms with Gasteiger partial charge in [0.1, 0.15) is 16.4 Å². The number of piperazine rings is 1. The van der Waals surface area contributed by atoms with Crippen LogP contribution in [0.1, 0.15) is 17.7 Å². The van der Waals surface area contributed by atoms with Crippen LogP contribution in [0.3, 0.4) is 0 Å². The predicted octanol–water partition coefficient (Wildman–Crippen LogP) is 1.24. The number of carbonyl (C=O) groups is 1. The fourth-order valence-corrected chi connectivity index (χ4v) is 7.19. The van der Waals surface area contributed by atoms with Crippen molar-refractivity contribution in [2.45, 2.75) is 24.0 Å². The van der Waals surface area contributed by atoms with E-state index in [2.05, 4.69) is 20.2 Å². The lowest BCUT2D eigenvalue weighted by Gasteiger charge is -2.38. The van der Waals surface area contributed by atoms with Gasteiger partial charge in [0, 0.05) is 50.1 Å². The van der Waals surface area contributed by atoms with Gasteiger partial charge in [0.25, 0.3) is 10.0 Å². The Morgan fingerprint density at radius 3 is 2.47 bits per heavy atom. The number of piperidine rings is 1. The van der Waals surface area contributed by atoms with Crippen molar-refractivity contribution in [1.29, 1.82) is 0 Å². The topological polar surface area (TPSA) is 104 Å². The number of nitrogens with zero attached hydrogens (tertiary/aromatic N) is 7. The molecule has 1 amide bonds. The number of fused-ring (bicyclic) bond motifs is 1. The standard InChI is InChI=1S/C20H25N7O3S2/c1-15-2-5-19(31-15)32(29,30)26-12-10-25(11-13-26)20(28)16-6-8-24(9-7-16)18-4-3-17-22-21-14-27(17)23-18/h2-5,14,16H,6-13H2,1H3. The van der Waals surface area contributed by atoms with E-state index in [0.717, 1.165) is 36.6 Å². The van der Waals surface area contributed by atoms with Crippen molar-refractivity contribution in [3.05, 3.63) is 35.5 Å². The van der Waals surface area contributed by atoms with E-state index in [4.69, 9.17) is 0 Å². The number of sulfonamides is 1. The van der Waals surface area contributed by atoms with E-state index in [1.165, 1.54) is 15.6 Å². The molecule has 2 fully saturated rings. The van der Waals surface area contributed by atoms with E-state index in [1.807, 2.05) is 30.0 Å². The molecule has 2 saturated heterocycles. The predicted molar refractivity (Wildman–Crippen MR) is 120 cm³/mol. The number of carbonyl (C=O) groups excluding carboxylic acids is 1. The van der Waals surface area contributed by atoms with Crippen LogP contribution in [0.25, 0.3) is 5.65 Å². The summed E-state index contributed by atoms with van der Waals surface area (Å²) in [7, 11) is -3.48. The molecule has 5 rings (SSSR count). The first-order valence-corrected chi connectivity index (χ1v) is 12.9. The summed E-state index contributed by atoms with van der Waals surface area (Å²) in [4.78, 5) is 18.0. The van der Waals surface area contributed by atoms with E-state index < -0.39 is 10.0 Å². The van der Waals surface area contributed by atoms with Gasteiger partial charge in [-0.3, -0.25) is 4.79 Å². The van der Waals surface area contributed by atoms with Crippen LogP contribution in [0.5, 0.6) is 0 Å². The minimum absolute atomic E-state index is 0.0343. The van der Waals surface area contributed by atoms with Crippen LogP contribution >= 0.6 is 11.3 Å². The number of thiophene rings is 1. The maximum atomic E-state index is 13.1. The zero-order chi connectivity index (χ0) is 22.3. The number of amides is 1. The number of rotatable bonds is 4. The molecular formula is C20H25N7O3S2. The van der Waals surface area contributed by atoms with Gasteiger partial charge in [0.2, 0.25) is 5.91 Å². The van der Waals surface area contributed by atoms with E-state index in [1.54, 1.807) is 16.9 Å². The normalized spacial score (nSPS) is 19.0. The van der Waals surface area contributed by atoms with Crippen molar-refractivity contribution in [2.24, 2.45) is 5.92 Å². The van der Waals surface area contributed by atoms with E-state index in [0.29, 0.717) is 36.0 Å². The van der Waals surface area contributed by atoms with Crippen molar-refractivity contribution in [1.82, 2.24) is 29.0 Å². The Balaban J connectivity index is 1.16. The third kappa shape index (κ3) is 3.97. The minimum atomic E-state index is -3.48. The van der Waals surface area contributed by atoms with Crippen LogP contribution in [0.2, 0.25) is 0 Å². The van der Waals surface area contributed by atoms with Crippen LogP contribution in [0.4, 0.5) is 5.82 Å². The number of anilines is 1. The van der Waals surface area contributed by atoms with Crippen molar-refractivity contribution >= 4 is 38.7 Å². The maximum Gasteiger partial charge on any atom is 0.252 e. The van der Waals surface area contributed by atoms with Gasteiger partial charge in [-0.05, 0) is 44.0 Å². The molecule has 10 nitrogen and oxygen atoms in total. The molecule has 2 aliphatic rings. The highest BCUT2D eigenvalue weighted by molar-refractivity contribution is 7.91. The van der Waals surface area contributed by atoms with Gasteiger partial charge >= 0.3 is 0 Å². The molecule has 32 heavy (non-hydrogen) atoms. The molecule has 0 aliphatic carbocycles. The van der Waals surface area contributed by atoms with Gasteiger partial charge in [-0.15, -0.1) is 26.6 Å². The summed E-state index contributed by atoms with van der Waals surface area (Å²) in [5.74, 6) is 0.953. The summed E-state index contributed by atoms with van der Waals surface area (Å²) >= 11 is 1.29. The quantitative estimate of drug-likeness (QED) is 0.559. The second-order valence-electron chi connectivity index (χ2n) is 8.18. The van der Waals surface area contributed by atoms with Crippen molar-refractivity contribution < 1.29 is 13.2 Å². The van der Waals surface area contributed by atoms with E-state index >= 15 is 0 Å². The Bertz CT molecular complexity index is 1220. The van der Waals surface area contributed by atoms with Crippen molar-refractivity contribution in [3.63, 3.8) is 0 Å². The summed E-state index contributed by atoms with van der Waals surface area (Å²) in [6.07, 6.45) is 3.09. The smallest absolute Gasteiger partial charge is 0.252 e. The third-order valence-corrected chi connectivity index (χ3v) is 9.54. The summed E-state index contributed by atoms with van der Waals surface area (Å²) in [5, 5.41) is 12.4. The van der Waals surface area contributed by atoms with Gasteiger partial charge in [-0.25, -0.2) is 8.42 Å². The fraction of sp³-hybridized carbons (Fsp3) is 0.500. The van der Waals surface area contributed by atoms with Gasteiger partial charge < -0.3 is 9.80 Å². The highest BCUT2D eigenvalue weighted by Crippen LogP contribution is 2.27. The third-order valence-electron chi connectivity index (χ3n) is 6.18. The number of hydrogen-bond donors (Lipinski definition) is 0. The Morgan fingerprint density at radius 1 is 1.03 bits per heavy atom. The molecule has 0 unspecified atom stereocenters. The van der Waals surface area contributed by atoms with Gasteiger partial charge in [0.15, 0.2) is 5.65 Å². The first-order valence-electron chi connectivity index (χ1n) is 10.7. The lowest BCUT2D eigenvalue weighted by Crippen LogP contribution is -2.52. The van der Waals surface area contributed by atoms with Crippen LogP contribution in [-0.2, 0) is 14.8 Å². The largest absolute Gasteiger partial charge is 0.355 e. The molecule has 0 N–H and O–H groups in total. The summed E-state index contributed by atoms with van der Waals surface area (Å²) in [6, 6.07) is 7.30. The fourth-order valence-electron chi connectivity index (χ4n) is 4.33. The molecule has 12 heteroatoms. The molecule has 3 aromatic rings. The summed E-state index contributed by atoms with van der Waals surface area (Å²) in [5.41, 5.74) is 0.703. The first kappa shape index (κ1) is 21.3. The summed E-state index contributed by atoms with van der Waals surface area (Å²) in [6.45, 7) is 4.96. The lowest BCUT2D eigenvalue weighted by atomic mass is 9.95. The number of hydrogen-bond acceptors (Lipinski definition) is 8. The average Bonchev–Trinajstić information content (AvgIpc) is 3.47. The zero-order valence-electron chi connectivity index (χ0n) is 17.8. The first-order chi connectivity index (χ1) is 15.4. The SMILES string of the molecule is Cc1ccc(S(=O)(=O)N2CCN(C(=O)C3CCN(c4ccc5nncn5n4)CC3)CC2)s1. The lowest BCUT2D eigenvalue weighted by molar-refractivity contribution is -0.137. The maximum absolute atomic E-state index is 13.1. The molecule has 0 atom stereocenters. The van der Waals surface area contributed by atoms with Gasteiger partial charge in [0.05, 0.1) is 0 Å². The van der Waals surface area contributed by atoms with Crippen molar-refractivity contribution in [2.75, 3.05) is 44.2 Å². The Hall–Kier alpha value is -2.57. The van der Waals surface area contributed by atoms with E-state index in [-0.39, 0.29) is 11.8 Å². The van der Waals surface area contributed by atoms with Crippen LogP contribution in [-0.4, -0.2) is 82.6 Å². The van der Waals surface area contributed by atoms with Gasteiger partial charge in [-0.1, -0.05) is 0 Å². The minimum Gasteiger partial charge on any atom is -0.355 e. The Kier molecular flexibility index (Phi) is 5.59. The van der Waals surface area contributed by atoms with Crippen LogP contribution in [0, 0.1) is 12.8 Å². The zero-order valence-corrected chi connectivity index (χ0v) is 19.4. The van der Waals surface area contributed by atoms with Crippen LogP contribution in [0.15, 0.2) is 34.8 Å². The number of aromatic nitrogens is 4. The molecule has 0 radical (unpaired) electrons. The highest BCUT2D eigenvalue weighted by Gasteiger charge is 2.34. The molecular weight excluding hydrogens is 450 g/mol. The van der Waals surface area contributed by atoms with E-state index in [9.17, 15) is 13.2 Å². The molecule has 0 spiro atoms. The molecule has 0 aromatic carbocycles. The molecule has 5 heterocycles. The second kappa shape index (κ2) is 8.41. The molecule has 170 valence electrons. The average molecular weight is 476 g/mol. The monoisotopic (exact) mass is 475 g/mol.